The molecule has 35 heavy (non-hydrogen) atoms. The number of aromatic nitrogens is 4. The highest BCUT2D eigenvalue weighted by atomic mass is 32.2. The quantitative estimate of drug-likeness (QED) is 0.114. The molecular formula is C16H13N6O11S2-. The minimum atomic E-state index is -5.39. The molecular weight excluding hydrogens is 516 g/mol. The van der Waals surface area contributed by atoms with Gasteiger partial charge in [-0.2, -0.15) is 0 Å². The highest BCUT2D eigenvalue weighted by molar-refractivity contribution is 7.86. The minimum absolute atomic E-state index is 0.0363. The van der Waals surface area contributed by atoms with Gasteiger partial charge in [-0.15, -0.1) is 0 Å². The fraction of sp³-hybridized carbons (Fsp3) is 0.188. The van der Waals surface area contributed by atoms with Gasteiger partial charge in [-0.3, -0.25) is 24.4 Å². The van der Waals surface area contributed by atoms with Crippen LogP contribution < -0.4 is 4.80 Å². The van der Waals surface area contributed by atoms with Crippen molar-refractivity contribution in [1.82, 2.24) is 15.0 Å². The first-order valence-electron chi connectivity index (χ1n) is 9.06. The topological polar surface area (TPSA) is 259 Å². The average molecular weight is 529 g/mol. The van der Waals surface area contributed by atoms with Crippen LogP contribution in [0.2, 0.25) is 0 Å². The summed E-state index contributed by atoms with van der Waals surface area (Å²) in [5.74, 6) is -0.0363. The van der Waals surface area contributed by atoms with Crippen LogP contribution in [0.25, 0.3) is 11.4 Å². The summed E-state index contributed by atoms with van der Waals surface area (Å²) in [6.07, 6.45) is 0. The van der Waals surface area contributed by atoms with Gasteiger partial charge in [0.15, 0.2) is 5.69 Å². The number of benzene rings is 2. The maximum absolute atomic E-state index is 11.7. The molecule has 1 atom stereocenters. The second-order valence-corrected chi connectivity index (χ2v) is 9.00. The molecule has 0 bridgehead atoms. The number of rotatable bonds is 8. The van der Waals surface area contributed by atoms with Gasteiger partial charge >= 0.3 is 5.82 Å². The Kier molecular flexibility index (Phi) is 7.01. The molecule has 17 nitrogen and oxygen atoms in total. The summed E-state index contributed by atoms with van der Waals surface area (Å²) in [4.78, 5) is 20.0. The second-order valence-electron chi connectivity index (χ2n) is 6.74. The SMILES string of the molecule is Cc1nn(-c2cc(S(=O)[O-])c([N+](=O)[O-])cc2CO)[n+](-c2cc(S(=O)(=O)[O-])c([N+](=O)[O-])cc2CO)n1. The third kappa shape index (κ3) is 4.89. The smallest absolute Gasteiger partial charge is 0.306 e. The first-order chi connectivity index (χ1) is 16.3. The van der Waals surface area contributed by atoms with Gasteiger partial charge < -0.3 is 19.3 Å². The summed E-state index contributed by atoms with van der Waals surface area (Å²) in [6.45, 7) is -0.385. The van der Waals surface area contributed by atoms with E-state index in [0.29, 0.717) is 12.1 Å². The van der Waals surface area contributed by atoms with E-state index in [1.807, 2.05) is 0 Å². The lowest BCUT2D eigenvalue weighted by atomic mass is 10.1. The Hall–Kier alpha value is -3.75. The minimum Gasteiger partial charge on any atom is -0.768 e. The Morgan fingerprint density at radius 3 is 2.11 bits per heavy atom. The molecule has 0 spiro atoms. The summed E-state index contributed by atoms with van der Waals surface area (Å²) in [7, 11) is -5.39. The number of hydrogen-bond donors (Lipinski definition) is 2. The number of aryl methyl sites for hydroxylation is 1. The Morgan fingerprint density at radius 1 is 1.06 bits per heavy atom. The van der Waals surface area contributed by atoms with Gasteiger partial charge in [-0.25, -0.2) is 8.42 Å². The zero-order valence-corrected chi connectivity index (χ0v) is 18.9. The summed E-state index contributed by atoms with van der Waals surface area (Å²) in [5, 5.41) is 50.1. The normalized spacial score (nSPS) is 12.5. The fourth-order valence-corrected chi connectivity index (χ4v) is 4.29. The molecule has 2 N–H and O–H groups in total. The van der Waals surface area contributed by atoms with E-state index in [0.717, 1.165) is 21.7 Å². The number of aliphatic hydroxyl groups excluding tert-OH is 2. The van der Waals surface area contributed by atoms with E-state index < -0.39 is 65.4 Å². The van der Waals surface area contributed by atoms with Crippen molar-refractivity contribution in [3.05, 3.63) is 61.4 Å². The molecule has 0 aliphatic rings. The van der Waals surface area contributed by atoms with Gasteiger partial charge in [-0.05, 0) is 27.0 Å². The molecule has 19 heteroatoms. The van der Waals surface area contributed by atoms with E-state index in [-0.39, 0.29) is 28.3 Å². The van der Waals surface area contributed by atoms with Gasteiger partial charge in [0.25, 0.3) is 11.4 Å². The molecule has 0 saturated heterocycles. The Morgan fingerprint density at radius 2 is 1.63 bits per heavy atom. The molecule has 0 saturated carbocycles. The van der Waals surface area contributed by atoms with Crippen LogP contribution in [0.3, 0.4) is 0 Å². The first kappa shape index (κ1) is 25.9. The zero-order valence-electron chi connectivity index (χ0n) is 17.3. The molecule has 3 rings (SSSR count). The molecule has 186 valence electrons. The molecule has 2 aromatic carbocycles. The van der Waals surface area contributed by atoms with Crippen LogP contribution >= 0.6 is 0 Å². The lowest BCUT2D eigenvalue weighted by molar-refractivity contribution is -0.735. The fourth-order valence-electron chi connectivity index (χ4n) is 3.14. The average Bonchev–Trinajstić information content (AvgIpc) is 3.17. The van der Waals surface area contributed by atoms with Gasteiger partial charge in [0, 0.05) is 41.0 Å². The van der Waals surface area contributed by atoms with Crippen molar-refractivity contribution >= 4 is 32.6 Å². The Labute approximate surface area is 197 Å². The summed E-state index contributed by atoms with van der Waals surface area (Å²) < 4.78 is 58.3. The summed E-state index contributed by atoms with van der Waals surface area (Å²) in [5.41, 5.74) is -3.06. The lowest BCUT2D eigenvalue weighted by Crippen LogP contribution is -2.44. The summed E-state index contributed by atoms with van der Waals surface area (Å²) in [6, 6.07) is 2.79. The molecule has 3 aromatic rings. The number of tetrazole rings is 1. The van der Waals surface area contributed by atoms with Crippen molar-refractivity contribution in [2.75, 3.05) is 0 Å². The van der Waals surface area contributed by atoms with Crippen molar-refractivity contribution < 1.29 is 46.6 Å². The largest absolute Gasteiger partial charge is 0.768 e. The predicted octanol–water partition coefficient (Wildman–Crippen LogP) is -1.20. The van der Waals surface area contributed by atoms with Crippen LogP contribution in [-0.2, 0) is 34.4 Å². The number of nitro benzene ring substituents is 2. The van der Waals surface area contributed by atoms with Crippen molar-refractivity contribution in [3.8, 4) is 11.4 Å². The van der Waals surface area contributed by atoms with E-state index in [4.69, 9.17) is 0 Å². The van der Waals surface area contributed by atoms with Crippen LogP contribution in [0.15, 0.2) is 34.1 Å². The lowest BCUT2D eigenvalue weighted by Gasteiger charge is -2.13. The Balaban J connectivity index is 2.43. The predicted molar refractivity (Wildman–Crippen MR) is 108 cm³/mol. The molecule has 0 aliphatic carbocycles. The van der Waals surface area contributed by atoms with Gasteiger partial charge in [0.1, 0.15) is 25.6 Å². The molecule has 0 radical (unpaired) electrons. The van der Waals surface area contributed by atoms with Gasteiger partial charge in [0.05, 0.1) is 28.2 Å². The van der Waals surface area contributed by atoms with Crippen molar-refractivity contribution in [1.29, 1.82) is 0 Å². The second kappa shape index (κ2) is 9.48. The monoisotopic (exact) mass is 529 g/mol. The van der Waals surface area contributed by atoms with Gasteiger partial charge in [0.2, 0.25) is 0 Å². The maximum Gasteiger partial charge on any atom is 0.306 e. The Bertz CT molecular complexity index is 1500. The van der Waals surface area contributed by atoms with Gasteiger partial charge in [-0.1, -0.05) is 0 Å². The van der Waals surface area contributed by atoms with Crippen LogP contribution in [-0.4, -0.2) is 56.8 Å². The number of nitro groups is 2. The van der Waals surface area contributed by atoms with E-state index in [1.54, 1.807) is 0 Å². The van der Waals surface area contributed by atoms with Crippen molar-refractivity contribution in [3.63, 3.8) is 0 Å². The third-order valence-corrected chi connectivity index (χ3v) is 6.14. The van der Waals surface area contributed by atoms with E-state index >= 15 is 0 Å². The standard InChI is InChI=1S/C16H14N6O11S2/c1-8-17-19(11-4-15(34(29)30)13(21(25)26)2-9(11)6-23)20(18-8)12-5-16(35(31,32)33)14(22(27)28)3-10(12)7-24/h2-5,23-24H,6-7H2,1H3,(H-,29,30,31,32,33)/p-1. The molecule has 1 heterocycles. The maximum atomic E-state index is 11.7. The molecule has 1 unspecified atom stereocenters. The molecule has 0 amide bonds. The van der Waals surface area contributed by atoms with Crippen LogP contribution in [0.1, 0.15) is 17.0 Å². The number of hydrogen-bond acceptors (Lipinski definition) is 13. The van der Waals surface area contributed by atoms with Crippen LogP contribution in [0, 0.1) is 27.2 Å². The van der Waals surface area contributed by atoms with Crippen molar-refractivity contribution in [2.24, 2.45) is 0 Å². The van der Waals surface area contributed by atoms with E-state index in [1.165, 1.54) is 6.92 Å². The molecule has 1 aromatic heterocycles. The first-order valence-corrected chi connectivity index (χ1v) is 11.5. The van der Waals surface area contributed by atoms with E-state index in [2.05, 4.69) is 10.2 Å². The van der Waals surface area contributed by atoms with Crippen LogP contribution in [0.4, 0.5) is 11.4 Å². The molecule has 0 aliphatic heterocycles. The highest BCUT2D eigenvalue weighted by Gasteiger charge is 2.31. The van der Waals surface area contributed by atoms with Crippen molar-refractivity contribution in [2.45, 2.75) is 29.9 Å². The third-order valence-electron chi connectivity index (χ3n) is 4.59. The van der Waals surface area contributed by atoms with Crippen LogP contribution in [0.5, 0.6) is 0 Å². The number of nitrogens with zero attached hydrogens (tertiary/aromatic N) is 6. The highest BCUT2D eigenvalue weighted by Crippen LogP contribution is 2.30. The zero-order chi connectivity index (χ0) is 26.2. The number of aliphatic hydroxyl groups is 2. The van der Waals surface area contributed by atoms with E-state index in [9.17, 15) is 52.2 Å². The molecule has 0 fully saturated rings. The summed E-state index contributed by atoms with van der Waals surface area (Å²) >= 11 is -3.11.